The van der Waals surface area contributed by atoms with Gasteiger partial charge in [-0.05, 0) is 25.2 Å². The molecule has 1 heterocycles. The molecule has 0 bridgehead atoms. The summed E-state index contributed by atoms with van der Waals surface area (Å²) in [6.45, 7) is 0.548. The zero-order valence-electron chi connectivity index (χ0n) is 9.78. The lowest BCUT2D eigenvalue weighted by Crippen LogP contribution is -2.06. The lowest BCUT2D eigenvalue weighted by Gasteiger charge is -2.10. The number of nitrogens with zero attached hydrogens (tertiary/aromatic N) is 1. The van der Waals surface area contributed by atoms with Gasteiger partial charge in [0.25, 0.3) is 0 Å². The van der Waals surface area contributed by atoms with Crippen LogP contribution in [0.4, 0.5) is 8.78 Å². The van der Waals surface area contributed by atoms with Gasteiger partial charge in [-0.2, -0.15) is 0 Å². The SMILES string of the molecule is CNCc1cnccc1Oc1ccc(F)cc1F. The summed E-state index contributed by atoms with van der Waals surface area (Å²) >= 11 is 0. The number of aromatic nitrogens is 1. The van der Waals surface area contributed by atoms with Gasteiger partial charge in [-0.1, -0.05) is 0 Å². The minimum atomic E-state index is -0.734. The van der Waals surface area contributed by atoms with Crippen LogP contribution >= 0.6 is 0 Å². The van der Waals surface area contributed by atoms with Gasteiger partial charge in [0.15, 0.2) is 11.6 Å². The van der Waals surface area contributed by atoms with Gasteiger partial charge in [0.1, 0.15) is 11.6 Å². The Morgan fingerprint density at radius 1 is 1.22 bits per heavy atom. The number of hydrogen-bond donors (Lipinski definition) is 1. The number of benzene rings is 1. The second-order valence-corrected chi connectivity index (χ2v) is 3.69. The van der Waals surface area contributed by atoms with Gasteiger partial charge < -0.3 is 10.1 Å². The standard InChI is InChI=1S/C13H12F2N2O/c1-16-7-9-8-17-5-4-12(9)18-13-3-2-10(14)6-11(13)15/h2-6,8,16H,7H2,1H3. The summed E-state index contributed by atoms with van der Waals surface area (Å²) in [6.07, 6.45) is 3.18. The molecule has 5 heteroatoms. The van der Waals surface area contributed by atoms with E-state index in [1.807, 2.05) is 0 Å². The molecule has 2 aromatic rings. The molecule has 2 rings (SSSR count). The molecule has 1 aromatic carbocycles. The van der Waals surface area contributed by atoms with Crippen LogP contribution in [-0.2, 0) is 6.54 Å². The van der Waals surface area contributed by atoms with Crippen molar-refractivity contribution in [3.63, 3.8) is 0 Å². The number of hydrogen-bond acceptors (Lipinski definition) is 3. The van der Waals surface area contributed by atoms with E-state index in [1.54, 1.807) is 25.5 Å². The number of nitrogens with one attached hydrogen (secondary N) is 1. The van der Waals surface area contributed by atoms with E-state index in [1.165, 1.54) is 6.07 Å². The highest BCUT2D eigenvalue weighted by Gasteiger charge is 2.09. The fraction of sp³-hybridized carbons (Fsp3) is 0.154. The molecule has 0 aliphatic rings. The highest BCUT2D eigenvalue weighted by atomic mass is 19.1. The Morgan fingerprint density at radius 2 is 2.06 bits per heavy atom. The van der Waals surface area contributed by atoms with E-state index in [-0.39, 0.29) is 5.75 Å². The first-order valence-electron chi connectivity index (χ1n) is 5.41. The average Bonchev–Trinajstić information content (AvgIpc) is 2.35. The van der Waals surface area contributed by atoms with E-state index in [4.69, 9.17) is 4.74 Å². The van der Waals surface area contributed by atoms with Crippen molar-refractivity contribution in [2.75, 3.05) is 7.05 Å². The highest BCUT2D eigenvalue weighted by Crippen LogP contribution is 2.27. The first-order chi connectivity index (χ1) is 8.70. The number of halogens is 2. The van der Waals surface area contributed by atoms with Crippen LogP contribution in [0.1, 0.15) is 5.56 Å². The summed E-state index contributed by atoms with van der Waals surface area (Å²) in [7, 11) is 1.79. The lowest BCUT2D eigenvalue weighted by atomic mass is 10.2. The van der Waals surface area contributed by atoms with Crippen molar-refractivity contribution < 1.29 is 13.5 Å². The van der Waals surface area contributed by atoms with E-state index < -0.39 is 11.6 Å². The molecule has 0 radical (unpaired) electrons. The molecule has 0 amide bonds. The molecule has 0 aliphatic carbocycles. The van der Waals surface area contributed by atoms with E-state index in [0.717, 1.165) is 17.7 Å². The number of ether oxygens (including phenoxy) is 1. The van der Waals surface area contributed by atoms with Crippen LogP contribution < -0.4 is 10.1 Å². The molecule has 0 aliphatic heterocycles. The fourth-order valence-corrected chi connectivity index (χ4v) is 1.51. The minimum Gasteiger partial charge on any atom is -0.454 e. The topological polar surface area (TPSA) is 34.2 Å². The van der Waals surface area contributed by atoms with Crippen molar-refractivity contribution in [1.29, 1.82) is 0 Å². The molecule has 1 aromatic heterocycles. The Hall–Kier alpha value is -2.01. The van der Waals surface area contributed by atoms with Gasteiger partial charge >= 0.3 is 0 Å². The van der Waals surface area contributed by atoms with Gasteiger partial charge in [-0.3, -0.25) is 4.98 Å². The van der Waals surface area contributed by atoms with Crippen LogP contribution in [0.3, 0.4) is 0 Å². The Labute approximate surface area is 103 Å². The molecule has 0 fully saturated rings. The molecule has 0 spiro atoms. The lowest BCUT2D eigenvalue weighted by molar-refractivity contribution is 0.431. The van der Waals surface area contributed by atoms with Gasteiger partial charge in [-0.25, -0.2) is 8.78 Å². The van der Waals surface area contributed by atoms with Crippen molar-refractivity contribution in [2.45, 2.75) is 6.54 Å². The zero-order chi connectivity index (χ0) is 13.0. The predicted molar refractivity (Wildman–Crippen MR) is 63.4 cm³/mol. The molecule has 3 nitrogen and oxygen atoms in total. The fourth-order valence-electron chi connectivity index (χ4n) is 1.51. The second kappa shape index (κ2) is 5.55. The molecular formula is C13H12F2N2O. The third kappa shape index (κ3) is 2.81. The van der Waals surface area contributed by atoms with Crippen LogP contribution in [0.2, 0.25) is 0 Å². The summed E-state index contributed by atoms with van der Waals surface area (Å²) in [5, 5.41) is 2.96. The maximum Gasteiger partial charge on any atom is 0.168 e. The molecule has 94 valence electrons. The van der Waals surface area contributed by atoms with Gasteiger partial charge in [-0.15, -0.1) is 0 Å². The smallest absolute Gasteiger partial charge is 0.168 e. The van der Waals surface area contributed by atoms with Crippen molar-refractivity contribution >= 4 is 0 Å². The van der Waals surface area contributed by atoms with Crippen molar-refractivity contribution in [3.05, 3.63) is 53.9 Å². The first-order valence-corrected chi connectivity index (χ1v) is 5.41. The monoisotopic (exact) mass is 250 g/mol. The summed E-state index contributed by atoms with van der Waals surface area (Å²) in [5.74, 6) is -0.892. The van der Waals surface area contributed by atoms with E-state index in [0.29, 0.717) is 12.3 Å². The quantitative estimate of drug-likeness (QED) is 0.906. The third-order valence-electron chi connectivity index (χ3n) is 2.34. The van der Waals surface area contributed by atoms with E-state index in [2.05, 4.69) is 10.3 Å². The molecular weight excluding hydrogens is 238 g/mol. The van der Waals surface area contributed by atoms with Gasteiger partial charge in [0.05, 0.1) is 0 Å². The Kier molecular flexibility index (Phi) is 3.84. The Bertz CT molecular complexity index is 546. The van der Waals surface area contributed by atoms with E-state index >= 15 is 0 Å². The molecule has 1 N–H and O–H groups in total. The molecule has 0 saturated carbocycles. The molecule has 0 saturated heterocycles. The second-order valence-electron chi connectivity index (χ2n) is 3.69. The normalized spacial score (nSPS) is 10.4. The van der Waals surface area contributed by atoms with Crippen molar-refractivity contribution in [3.8, 4) is 11.5 Å². The van der Waals surface area contributed by atoms with Gasteiger partial charge in [0, 0.05) is 30.6 Å². The summed E-state index contributed by atoms with van der Waals surface area (Å²) in [5.41, 5.74) is 0.795. The summed E-state index contributed by atoms with van der Waals surface area (Å²) < 4.78 is 31.7. The van der Waals surface area contributed by atoms with Crippen molar-refractivity contribution in [2.24, 2.45) is 0 Å². The largest absolute Gasteiger partial charge is 0.454 e. The summed E-state index contributed by atoms with van der Waals surface area (Å²) in [4.78, 5) is 3.97. The van der Waals surface area contributed by atoms with Crippen LogP contribution in [0.15, 0.2) is 36.7 Å². The number of pyridine rings is 1. The average molecular weight is 250 g/mol. The first kappa shape index (κ1) is 12.4. The highest BCUT2D eigenvalue weighted by molar-refractivity contribution is 5.36. The van der Waals surface area contributed by atoms with Crippen LogP contribution in [-0.4, -0.2) is 12.0 Å². The van der Waals surface area contributed by atoms with E-state index in [9.17, 15) is 8.78 Å². The van der Waals surface area contributed by atoms with Crippen molar-refractivity contribution in [1.82, 2.24) is 10.3 Å². The molecule has 18 heavy (non-hydrogen) atoms. The molecule has 0 unspecified atom stereocenters. The van der Waals surface area contributed by atoms with Crippen LogP contribution in [0.5, 0.6) is 11.5 Å². The predicted octanol–water partition coefficient (Wildman–Crippen LogP) is 2.87. The third-order valence-corrected chi connectivity index (χ3v) is 2.34. The maximum atomic E-state index is 13.5. The van der Waals surface area contributed by atoms with Gasteiger partial charge in [0.2, 0.25) is 0 Å². The molecule has 0 atom stereocenters. The van der Waals surface area contributed by atoms with Crippen LogP contribution in [0, 0.1) is 11.6 Å². The zero-order valence-corrected chi connectivity index (χ0v) is 9.78. The Morgan fingerprint density at radius 3 is 2.78 bits per heavy atom. The van der Waals surface area contributed by atoms with Crippen LogP contribution in [0.25, 0.3) is 0 Å². The maximum absolute atomic E-state index is 13.5. The summed E-state index contributed by atoms with van der Waals surface area (Å²) in [6, 6.07) is 4.83. The minimum absolute atomic E-state index is 0.0139. The Balaban J connectivity index is 2.28. The number of rotatable bonds is 4.